The maximum absolute atomic E-state index is 13.8. The molecule has 6 heteroatoms. The summed E-state index contributed by atoms with van der Waals surface area (Å²) in [6, 6.07) is 2.62. The molecule has 0 saturated heterocycles. The van der Waals surface area contributed by atoms with Crippen molar-refractivity contribution in [2.75, 3.05) is 0 Å². The average molecular weight is 297 g/mol. The number of aliphatic carboxylic acids is 1. The normalized spacial score (nSPS) is 22.2. The van der Waals surface area contributed by atoms with E-state index in [1.807, 2.05) is 0 Å². The van der Waals surface area contributed by atoms with Crippen LogP contribution >= 0.6 is 0 Å². The molecule has 0 heterocycles. The van der Waals surface area contributed by atoms with Gasteiger partial charge in [0.2, 0.25) is 5.91 Å². The molecule has 2 rings (SSSR count). The van der Waals surface area contributed by atoms with E-state index in [4.69, 9.17) is 5.11 Å². The first-order valence-corrected chi connectivity index (χ1v) is 6.92. The second kappa shape index (κ2) is 6.20. The Morgan fingerprint density at radius 3 is 2.48 bits per heavy atom. The first kappa shape index (κ1) is 15.4. The summed E-state index contributed by atoms with van der Waals surface area (Å²) in [4.78, 5) is 23.0. The van der Waals surface area contributed by atoms with Crippen molar-refractivity contribution < 1.29 is 23.5 Å². The minimum atomic E-state index is -0.984. The molecule has 3 atom stereocenters. The van der Waals surface area contributed by atoms with E-state index < -0.39 is 35.5 Å². The van der Waals surface area contributed by atoms with Gasteiger partial charge in [-0.05, 0) is 25.3 Å². The van der Waals surface area contributed by atoms with Crippen molar-refractivity contribution in [2.45, 2.75) is 32.2 Å². The van der Waals surface area contributed by atoms with Crippen LogP contribution in [0.4, 0.5) is 8.78 Å². The molecule has 2 N–H and O–H groups in total. The lowest BCUT2D eigenvalue weighted by atomic mass is 9.73. The van der Waals surface area contributed by atoms with Gasteiger partial charge >= 0.3 is 5.97 Å². The molecule has 3 unspecified atom stereocenters. The lowest BCUT2D eigenvalue weighted by molar-refractivity contribution is -0.153. The van der Waals surface area contributed by atoms with Crippen LogP contribution in [-0.4, -0.2) is 17.0 Å². The highest BCUT2D eigenvalue weighted by atomic mass is 19.1. The molecule has 0 aliphatic heterocycles. The third kappa shape index (κ3) is 3.20. The number of benzene rings is 1. The van der Waals surface area contributed by atoms with E-state index in [0.29, 0.717) is 19.3 Å². The predicted octanol–water partition coefficient (Wildman–Crippen LogP) is 2.64. The number of hydrogen-bond donors (Lipinski definition) is 2. The Kier molecular flexibility index (Phi) is 4.55. The summed E-state index contributed by atoms with van der Waals surface area (Å²) in [5.41, 5.74) is 0.207. The second-order valence-electron chi connectivity index (χ2n) is 5.26. The molecule has 1 saturated carbocycles. The third-order valence-corrected chi connectivity index (χ3v) is 3.99. The zero-order valence-corrected chi connectivity index (χ0v) is 11.6. The molecule has 0 bridgehead atoms. The number of carbonyl (C=O) groups is 2. The number of rotatable bonds is 5. The van der Waals surface area contributed by atoms with Crippen LogP contribution < -0.4 is 5.32 Å². The van der Waals surface area contributed by atoms with Crippen molar-refractivity contribution in [1.29, 1.82) is 0 Å². The number of carboxylic acid groups (broad SMARTS) is 1. The van der Waals surface area contributed by atoms with Gasteiger partial charge in [-0.3, -0.25) is 9.59 Å². The number of nitrogens with one attached hydrogen (secondary N) is 1. The molecule has 1 aromatic carbocycles. The average Bonchev–Trinajstić information content (AvgIpc) is 2.34. The smallest absolute Gasteiger partial charge is 0.307 e. The SMILES string of the molecule is CCC(NC(=O)C1CCC1C(=O)O)c1ccc(F)cc1F. The fourth-order valence-electron chi connectivity index (χ4n) is 2.57. The molecular weight excluding hydrogens is 280 g/mol. The molecule has 0 radical (unpaired) electrons. The first-order chi connectivity index (χ1) is 9.93. The van der Waals surface area contributed by atoms with Gasteiger partial charge in [0.1, 0.15) is 11.6 Å². The lowest BCUT2D eigenvalue weighted by Crippen LogP contribution is -2.45. The van der Waals surface area contributed by atoms with Gasteiger partial charge < -0.3 is 10.4 Å². The van der Waals surface area contributed by atoms with Crippen molar-refractivity contribution >= 4 is 11.9 Å². The topological polar surface area (TPSA) is 66.4 Å². The van der Waals surface area contributed by atoms with E-state index in [9.17, 15) is 18.4 Å². The molecular formula is C15H17F2NO3. The Morgan fingerprint density at radius 2 is 2.00 bits per heavy atom. The largest absolute Gasteiger partial charge is 0.481 e. The van der Waals surface area contributed by atoms with E-state index in [0.717, 1.165) is 12.1 Å². The molecule has 1 fully saturated rings. The van der Waals surface area contributed by atoms with E-state index in [-0.39, 0.29) is 11.5 Å². The van der Waals surface area contributed by atoms with Crippen molar-refractivity contribution in [3.63, 3.8) is 0 Å². The van der Waals surface area contributed by atoms with Gasteiger partial charge in [-0.25, -0.2) is 8.78 Å². The van der Waals surface area contributed by atoms with Gasteiger partial charge in [0.05, 0.1) is 17.9 Å². The standard InChI is InChI=1S/C15H17F2NO3/c1-2-13(11-4-3-8(16)7-12(11)17)18-14(19)9-5-6-10(9)15(20)21/h3-4,7,9-10,13H,2,5-6H2,1H3,(H,18,19)(H,20,21). The van der Waals surface area contributed by atoms with Gasteiger partial charge in [0.25, 0.3) is 0 Å². The number of halogens is 2. The Balaban J connectivity index is 2.09. The molecule has 1 aliphatic carbocycles. The van der Waals surface area contributed by atoms with Crippen molar-refractivity contribution in [2.24, 2.45) is 11.8 Å². The maximum atomic E-state index is 13.8. The molecule has 114 valence electrons. The summed E-state index contributed by atoms with van der Waals surface area (Å²) in [6.45, 7) is 1.77. The molecule has 1 aromatic rings. The number of carboxylic acids is 1. The Hall–Kier alpha value is -1.98. The zero-order chi connectivity index (χ0) is 15.6. The van der Waals surface area contributed by atoms with Crippen LogP contribution in [-0.2, 0) is 9.59 Å². The van der Waals surface area contributed by atoms with Crippen LogP contribution in [0, 0.1) is 23.5 Å². The monoisotopic (exact) mass is 297 g/mol. The molecule has 21 heavy (non-hydrogen) atoms. The van der Waals surface area contributed by atoms with Crippen LogP contribution in [0.3, 0.4) is 0 Å². The van der Waals surface area contributed by atoms with Crippen LogP contribution in [0.15, 0.2) is 18.2 Å². The van der Waals surface area contributed by atoms with Crippen LogP contribution in [0.2, 0.25) is 0 Å². The van der Waals surface area contributed by atoms with E-state index in [2.05, 4.69) is 5.32 Å². The summed E-state index contributed by atoms with van der Waals surface area (Å²) < 4.78 is 26.7. The second-order valence-corrected chi connectivity index (χ2v) is 5.26. The highest BCUT2D eigenvalue weighted by Gasteiger charge is 2.41. The molecule has 4 nitrogen and oxygen atoms in total. The minimum Gasteiger partial charge on any atom is -0.481 e. The Morgan fingerprint density at radius 1 is 1.33 bits per heavy atom. The van der Waals surface area contributed by atoms with Crippen LogP contribution in [0.5, 0.6) is 0 Å². The molecule has 1 aliphatic rings. The highest BCUT2D eigenvalue weighted by molar-refractivity contribution is 5.86. The van der Waals surface area contributed by atoms with Gasteiger partial charge in [0.15, 0.2) is 0 Å². The molecule has 0 spiro atoms. The summed E-state index contributed by atoms with van der Waals surface area (Å²) in [6.07, 6.45) is 1.43. The van der Waals surface area contributed by atoms with E-state index in [1.165, 1.54) is 6.07 Å². The van der Waals surface area contributed by atoms with Crippen molar-refractivity contribution in [3.05, 3.63) is 35.4 Å². The number of carbonyl (C=O) groups excluding carboxylic acids is 1. The maximum Gasteiger partial charge on any atom is 0.307 e. The summed E-state index contributed by atoms with van der Waals surface area (Å²) in [7, 11) is 0. The highest BCUT2D eigenvalue weighted by Crippen LogP contribution is 2.35. The zero-order valence-electron chi connectivity index (χ0n) is 11.6. The van der Waals surface area contributed by atoms with Crippen LogP contribution in [0.1, 0.15) is 37.8 Å². The van der Waals surface area contributed by atoms with Gasteiger partial charge in [-0.2, -0.15) is 0 Å². The molecule has 1 amide bonds. The first-order valence-electron chi connectivity index (χ1n) is 6.92. The van der Waals surface area contributed by atoms with Gasteiger partial charge in [0, 0.05) is 11.6 Å². The van der Waals surface area contributed by atoms with E-state index in [1.54, 1.807) is 6.92 Å². The molecule has 0 aromatic heterocycles. The Bertz CT molecular complexity index is 562. The summed E-state index contributed by atoms with van der Waals surface area (Å²) in [5, 5.41) is 11.6. The van der Waals surface area contributed by atoms with Crippen molar-refractivity contribution in [3.8, 4) is 0 Å². The number of hydrogen-bond acceptors (Lipinski definition) is 2. The minimum absolute atomic E-state index is 0.207. The van der Waals surface area contributed by atoms with E-state index >= 15 is 0 Å². The Labute approximate surface area is 121 Å². The number of amides is 1. The quantitative estimate of drug-likeness (QED) is 0.878. The van der Waals surface area contributed by atoms with Crippen molar-refractivity contribution in [1.82, 2.24) is 5.32 Å². The third-order valence-electron chi connectivity index (χ3n) is 3.99. The summed E-state index contributed by atoms with van der Waals surface area (Å²) in [5.74, 6) is -4.00. The van der Waals surface area contributed by atoms with Gasteiger partial charge in [-0.1, -0.05) is 13.0 Å². The van der Waals surface area contributed by atoms with Crippen LogP contribution in [0.25, 0.3) is 0 Å². The fraction of sp³-hybridized carbons (Fsp3) is 0.467. The summed E-state index contributed by atoms with van der Waals surface area (Å²) >= 11 is 0. The predicted molar refractivity (Wildman–Crippen MR) is 71.4 cm³/mol. The van der Waals surface area contributed by atoms with Gasteiger partial charge in [-0.15, -0.1) is 0 Å². The lowest BCUT2D eigenvalue weighted by Gasteiger charge is -2.33. The fourth-order valence-corrected chi connectivity index (χ4v) is 2.57.